The third-order valence-electron chi connectivity index (χ3n) is 6.80. The molecule has 1 aromatic carbocycles. The second-order valence-electron chi connectivity index (χ2n) is 8.73. The molecule has 0 bridgehead atoms. The van der Waals surface area contributed by atoms with Crippen molar-refractivity contribution < 1.29 is 23.9 Å². The van der Waals surface area contributed by atoms with E-state index in [2.05, 4.69) is 16.3 Å². The lowest BCUT2D eigenvalue weighted by atomic mass is 9.87. The summed E-state index contributed by atoms with van der Waals surface area (Å²) >= 11 is 0. The van der Waals surface area contributed by atoms with E-state index in [-0.39, 0.29) is 24.1 Å². The predicted molar refractivity (Wildman–Crippen MR) is 117 cm³/mol. The zero-order valence-corrected chi connectivity index (χ0v) is 18.8. The number of hydrogen-bond donors (Lipinski definition) is 1. The van der Waals surface area contributed by atoms with Crippen LogP contribution in [-0.4, -0.2) is 84.2 Å². The maximum atomic E-state index is 13.3. The first-order valence-electron chi connectivity index (χ1n) is 11.4. The molecule has 4 rings (SSSR count). The van der Waals surface area contributed by atoms with Crippen LogP contribution in [0.2, 0.25) is 0 Å². The molecule has 0 aliphatic carbocycles. The monoisotopic (exact) mass is 444 g/mol. The van der Waals surface area contributed by atoms with Gasteiger partial charge in [0.05, 0.1) is 13.7 Å². The van der Waals surface area contributed by atoms with Crippen LogP contribution in [0, 0.1) is 0 Å². The second kappa shape index (κ2) is 9.36. The molecule has 3 saturated heterocycles. The van der Waals surface area contributed by atoms with Gasteiger partial charge in [-0.3, -0.25) is 14.6 Å². The molecule has 174 valence electrons. The van der Waals surface area contributed by atoms with E-state index in [1.807, 2.05) is 18.2 Å². The molecule has 1 N–H and O–H groups in total. The van der Waals surface area contributed by atoms with Crippen LogP contribution < -0.4 is 10.1 Å². The Morgan fingerprint density at radius 3 is 2.53 bits per heavy atom. The summed E-state index contributed by atoms with van der Waals surface area (Å²) in [5.41, 5.74) is 0.294. The number of hydrogen-bond acceptors (Lipinski definition) is 6. The molecule has 1 aromatic rings. The lowest BCUT2D eigenvalue weighted by Gasteiger charge is -2.38. The number of likely N-dealkylation sites (tertiary alicyclic amines) is 2. The van der Waals surface area contributed by atoms with Gasteiger partial charge >= 0.3 is 12.1 Å². The molecule has 3 fully saturated rings. The van der Waals surface area contributed by atoms with Gasteiger partial charge in [0.1, 0.15) is 11.3 Å². The summed E-state index contributed by atoms with van der Waals surface area (Å²) in [5.74, 6) is 0.702. The summed E-state index contributed by atoms with van der Waals surface area (Å²) in [7, 11) is 1.66. The standard InChI is InChI=1S/C23H32N4O5/c1-3-32-22(30)26-13-9-23(10-14-26)20(28)27(21(29)24-23)18-7-11-25(12-8-18)16-17-5-4-6-19(15-17)31-2/h4-6,15,18H,3,7-14,16H2,1-2H3,(H,24,29). The highest BCUT2D eigenvalue weighted by molar-refractivity contribution is 6.07. The summed E-state index contributed by atoms with van der Waals surface area (Å²) < 4.78 is 10.4. The molecule has 0 saturated carbocycles. The molecule has 0 radical (unpaired) electrons. The first-order valence-corrected chi connectivity index (χ1v) is 11.4. The maximum absolute atomic E-state index is 13.3. The van der Waals surface area contributed by atoms with Crippen LogP contribution >= 0.6 is 0 Å². The Morgan fingerprint density at radius 1 is 1.16 bits per heavy atom. The quantitative estimate of drug-likeness (QED) is 0.700. The van der Waals surface area contributed by atoms with Crippen molar-refractivity contribution in [2.75, 3.05) is 39.9 Å². The average Bonchev–Trinajstić information content (AvgIpc) is 3.04. The van der Waals surface area contributed by atoms with Crippen LogP contribution in [-0.2, 0) is 16.1 Å². The normalized spacial score (nSPS) is 21.7. The number of methoxy groups -OCH3 is 1. The number of nitrogens with zero attached hydrogens (tertiary/aromatic N) is 3. The molecule has 0 aromatic heterocycles. The van der Waals surface area contributed by atoms with E-state index in [4.69, 9.17) is 9.47 Å². The van der Waals surface area contributed by atoms with Gasteiger partial charge in [0.2, 0.25) is 0 Å². The topological polar surface area (TPSA) is 91.4 Å². The molecular weight excluding hydrogens is 412 g/mol. The SMILES string of the molecule is CCOC(=O)N1CCC2(CC1)NC(=O)N(C1CCN(Cc3cccc(OC)c3)CC1)C2=O. The Morgan fingerprint density at radius 2 is 1.88 bits per heavy atom. The third-order valence-corrected chi connectivity index (χ3v) is 6.80. The zero-order chi connectivity index (χ0) is 22.7. The molecular formula is C23H32N4O5. The van der Waals surface area contributed by atoms with Gasteiger partial charge in [-0.05, 0) is 50.3 Å². The van der Waals surface area contributed by atoms with E-state index >= 15 is 0 Å². The summed E-state index contributed by atoms with van der Waals surface area (Å²) in [5, 5.41) is 2.95. The summed E-state index contributed by atoms with van der Waals surface area (Å²) in [6.07, 6.45) is 1.99. The molecule has 9 heteroatoms. The lowest BCUT2D eigenvalue weighted by molar-refractivity contribution is -0.135. The lowest BCUT2D eigenvalue weighted by Crippen LogP contribution is -2.56. The average molecular weight is 445 g/mol. The number of carbonyl (C=O) groups excluding carboxylic acids is 3. The number of ether oxygens (including phenoxy) is 2. The Bertz CT molecular complexity index is 860. The number of benzene rings is 1. The van der Waals surface area contributed by atoms with Crippen LogP contribution in [0.25, 0.3) is 0 Å². The van der Waals surface area contributed by atoms with Crippen LogP contribution in [0.1, 0.15) is 38.2 Å². The minimum atomic E-state index is -0.891. The fourth-order valence-corrected chi connectivity index (χ4v) is 4.96. The van der Waals surface area contributed by atoms with Crippen molar-refractivity contribution in [3.63, 3.8) is 0 Å². The zero-order valence-electron chi connectivity index (χ0n) is 18.8. The molecule has 1 spiro atoms. The van der Waals surface area contributed by atoms with Crippen LogP contribution in [0.15, 0.2) is 24.3 Å². The summed E-state index contributed by atoms with van der Waals surface area (Å²) in [6.45, 7) is 5.35. The van der Waals surface area contributed by atoms with Crippen molar-refractivity contribution in [2.45, 2.75) is 50.7 Å². The van der Waals surface area contributed by atoms with Crippen LogP contribution in [0.4, 0.5) is 9.59 Å². The number of carbonyl (C=O) groups is 3. The van der Waals surface area contributed by atoms with E-state index in [0.717, 1.165) is 38.2 Å². The first kappa shape index (κ1) is 22.4. The van der Waals surface area contributed by atoms with Gasteiger partial charge in [0, 0.05) is 38.8 Å². The molecule has 3 heterocycles. The van der Waals surface area contributed by atoms with Crippen LogP contribution in [0.5, 0.6) is 5.75 Å². The highest BCUT2D eigenvalue weighted by Gasteiger charge is 2.54. The first-order chi connectivity index (χ1) is 15.5. The Hall–Kier alpha value is -2.81. The van der Waals surface area contributed by atoms with E-state index in [1.54, 1.807) is 18.9 Å². The number of urea groups is 1. The number of piperidine rings is 2. The Kier molecular flexibility index (Phi) is 6.55. The minimum absolute atomic E-state index is 0.0912. The fraction of sp³-hybridized carbons (Fsp3) is 0.609. The number of imide groups is 1. The molecule has 3 aliphatic heterocycles. The molecule has 32 heavy (non-hydrogen) atoms. The van der Waals surface area contributed by atoms with Gasteiger partial charge in [-0.25, -0.2) is 9.59 Å². The largest absolute Gasteiger partial charge is 0.497 e. The number of nitrogens with one attached hydrogen (secondary N) is 1. The van der Waals surface area contributed by atoms with Crippen molar-refractivity contribution in [1.29, 1.82) is 0 Å². The Balaban J connectivity index is 1.33. The van der Waals surface area contributed by atoms with Gasteiger partial charge in [0.15, 0.2) is 0 Å². The second-order valence-corrected chi connectivity index (χ2v) is 8.73. The highest BCUT2D eigenvalue weighted by atomic mass is 16.6. The summed E-state index contributed by atoms with van der Waals surface area (Å²) in [6, 6.07) is 7.65. The van der Waals surface area contributed by atoms with E-state index < -0.39 is 5.54 Å². The molecule has 0 unspecified atom stereocenters. The number of amides is 4. The molecule has 4 amide bonds. The van der Waals surface area contributed by atoms with Gasteiger partial charge in [-0.1, -0.05) is 12.1 Å². The van der Waals surface area contributed by atoms with Crippen molar-refractivity contribution in [2.24, 2.45) is 0 Å². The summed E-state index contributed by atoms with van der Waals surface area (Å²) in [4.78, 5) is 43.5. The Labute approximate surface area is 188 Å². The highest BCUT2D eigenvalue weighted by Crippen LogP contribution is 2.33. The number of rotatable bonds is 5. The minimum Gasteiger partial charge on any atom is -0.497 e. The van der Waals surface area contributed by atoms with Crippen molar-refractivity contribution in [3.8, 4) is 5.75 Å². The van der Waals surface area contributed by atoms with Crippen molar-refractivity contribution >= 4 is 18.0 Å². The van der Waals surface area contributed by atoms with E-state index in [1.165, 1.54) is 10.5 Å². The van der Waals surface area contributed by atoms with Gasteiger partial charge in [-0.2, -0.15) is 0 Å². The van der Waals surface area contributed by atoms with Gasteiger partial charge in [0.25, 0.3) is 5.91 Å². The predicted octanol–water partition coefficient (Wildman–Crippen LogP) is 2.20. The maximum Gasteiger partial charge on any atom is 0.409 e. The molecule has 0 atom stereocenters. The van der Waals surface area contributed by atoms with Crippen LogP contribution in [0.3, 0.4) is 0 Å². The van der Waals surface area contributed by atoms with E-state index in [0.29, 0.717) is 32.5 Å². The van der Waals surface area contributed by atoms with Crippen molar-refractivity contribution in [1.82, 2.24) is 20.0 Å². The molecule has 9 nitrogen and oxygen atoms in total. The van der Waals surface area contributed by atoms with Gasteiger partial charge in [-0.15, -0.1) is 0 Å². The third kappa shape index (κ3) is 4.39. The van der Waals surface area contributed by atoms with Crippen molar-refractivity contribution in [3.05, 3.63) is 29.8 Å². The smallest absolute Gasteiger partial charge is 0.409 e. The van der Waals surface area contributed by atoms with E-state index in [9.17, 15) is 14.4 Å². The fourth-order valence-electron chi connectivity index (χ4n) is 4.96. The molecule has 3 aliphatic rings. The van der Waals surface area contributed by atoms with Gasteiger partial charge < -0.3 is 19.7 Å².